The molecule has 204 valence electrons. The van der Waals surface area contributed by atoms with E-state index in [0.717, 1.165) is 42.9 Å². The van der Waals surface area contributed by atoms with Gasteiger partial charge in [-0.2, -0.15) is 0 Å². The zero-order valence-corrected chi connectivity index (χ0v) is 23.0. The van der Waals surface area contributed by atoms with Crippen LogP contribution in [0.1, 0.15) is 60.7 Å². The third-order valence-corrected chi connectivity index (χ3v) is 10.0. The largest absolute Gasteiger partial charge is 0.389 e. The number of hydrogen-bond donors (Lipinski definition) is 1. The maximum absolute atomic E-state index is 13.2. The van der Waals surface area contributed by atoms with Gasteiger partial charge in [0.15, 0.2) is 0 Å². The molecule has 7 nitrogen and oxygen atoms in total. The summed E-state index contributed by atoms with van der Waals surface area (Å²) >= 11 is 0. The lowest BCUT2D eigenvalue weighted by molar-refractivity contribution is -0.114. The SMILES string of the molecule is CC1(C)[C@H]2CC[C@](C)(C2)[C@@H]1OC[C@H](O)CN1CCN(CCN2C(=O)c3cccc4cccc(c34)C2=O)CC1. The first-order valence-electron chi connectivity index (χ1n) is 14.3. The molecule has 2 aliphatic heterocycles. The number of nitrogens with zero attached hydrogens (tertiary/aromatic N) is 3. The summed E-state index contributed by atoms with van der Waals surface area (Å²) in [4.78, 5) is 32.3. The molecule has 2 saturated carbocycles. The summed E-state index contributed by atoms with van der Waals surface area (Å²) in [7, 11) is 0. The van der Waals surface area contributed by atoms with Crippen molar-refractivity contribution in [2.24, 2.45) is 16.7 Å². The molecule has 2 aromatic rings. The van der Waals surface area contributed by atoms with Crippen molar-refractivity contribution in [3.8, 4) is 0 Å². The fourth-order valence-electron chi connectivity index (χ4n) is 7.95. The summed E-state index contributed by atoms with van der Waals surface area (Å²) in [6.07, 6.45) is 3.52. The number of fused-ring (bicyclic) bond motifs is 2. The van der Waals surface area contributed by atoms with E-state index >= 15 is 0 Å². The molecule has 0 unspecified atom stereocenters. The fourth-order valence-corrected chi connectivity index (χ4v) is 7.95. The minimum absolute atomic E-state index is 0.185. The monoisotopic (exact) mass is 519 g/mol. The molecule has 38 heavy (non-hydrogen) atoms. The summed E-state index contributed by atoms with van der Waals surface area (Å²) in [5, 5.41) is 12.5. The number of carbonyl (C=O) groups excluding carboxylic acids is 2. The van der Waals surface area contributed by atoms with Crippen LogP contribution in [-0.2, 0) is 4.74 Å². The molecule has 2 heterocycles. The van der Waals surface area contributed by atoms with Gasteiger partial charge in [0, 0.05) is 62.3 Å². The maximum atomic E-state index is 13.2. The van der Waals surface area contributed by atoms with E-state index in [1.165, 1.54) is 24.2 Å². The second-order valence-electron chi connectivity index (χ2n) is 12.9. The van der Waals surface area contributed by atoms with Gasteiger partial charge in [0.05, 0.1) is 18.8 Å². The van der Waals surface area contributed by atoms with E-state index in [9.17, 15) is 14.7 Å². The highest BCUT2D eigenvalue weighted by atomic mass is 16.5. The van der Waals surface area contributed by atoms with Gasteiger partial charge in [-0.05, 0) is 53.5 Å². The van der Waals surface area contributed by atoms with E-state index in [4.69, 9.17) is 4.74 Å². The van der Waals surface area contributed by atoms with Gasteiger partial charge in [-0.25, -0.2) is 0 Å². The average molecular weight is 520 g/mol. The molecule has 0 radical (unpaired) electrons. The molecule has 2 aliphatic carbocycles. The van der Waals surface area contributed by atoms with E-state index in [2.05, 4.69) is 30.6 Å². The topological polar surface area (TPSA) is 73.3 Å². The number of hydrogen-bond acceptors (Lipinski definition) is 6. The highest BCUT2D eigenvalue weighted by molar-refractivity contribution is 6.25. The minimum atomic E-state index is -0.494. The Morgan fingerprint density at radius 3 is 2.18 bits per heavy atom. The summed E-state index contributed by atoms with van der Waals surface area (Å²) in [6, 6.07) is 11.3. The number of benzene rings is 2. The van der Waals surface area contributed by atoms with Crippen molar-refractivity contribution in [3.63, 3.8) is 0 Å². The van der Waals surface area contributed by atoms with Gasteiger partial charge in [0.25, 0.3) is 11.8 Å². The van der Waals surface area contributed by atoms with Crippen LogP contribution in [0.25, 0.3) is 10.8 Å². The van der Waals surface area contributed by atoms with Crippen molar-refractivity contribution in [3.05, 3.63) is 47.5 Å². The van der Waals surface area contributed by atoms with Crippen molar-refractivity contribution in [1.29, 1.82) is 0 Å². The number of imide groups is 1. The molecular weight excluding hydrogens is 478 g/mol. The van der Waals surface area contributed by atoms with Gasteiger partial charge in [0.1, 0.15) is 0 Å². The van der Waals surface area contributed by atoms with Gasteiger partial charge in [-0.1, -0.05) is 45.0 Å². The Balaban J connectivity index is 0.973. The van der Waals surface area contributed by atoms with Crippen molar-refractivity contribution < 1.29 is 19.4 Å². The lowest BCUT2D eigenvalue weighted by atomic mass is 9.70. The van der Waals surface area contributed by atoms with Gasteiger partial charge in [-0.15, -0.1) is 0 Å². The maximum Gasteiger partial charge on any atom is 0.261 e. The summed E-state index contributed by atoms with van der Waals surface area (Å²) < 4.78 is 6.39. The fraction of sp³-hybridized carbons (Fsp3) is 0.613. The minimum Gasteiger partial charge on any atom is -0.389 e. The first kappa shape index (κ1) is 25.9. The summed E-state index contributed by atoms with van der Waals surface area (Å²) in [6.45, 7) is 12.5. The first-order valence-corrected chi connectivity index (χ1v) is 14.3. The molecule has 1 N–H and O–H groups in total. The van der Waals surface area contributed by atoms with Crippen molar-refractivity contribution in [2.75, 3.05) is 52.4 Å². The number of piperazine rings is 1. The number of aliphatic hydroxyl groups is 1. The Kier molecular flexibility index (Phi) is 6.62. The molecule has 2 amide bonds. The Bertz CT molecular complexity index is 1180. The second kappa shape index (κ2) is 9.70. The lowest BCUT2D eigenvalue weighted by Crippen LogP contribution is -2.52. The van der Waals surface area contributed by atoms with Crippen LogP contribution in [-0.4, -0.2) is 96.2 Å². The van der Waals surface area contributed by atoms with Crippen LogP contribution < -0.4 is 0 Å². The zero-order valence-electron chi connectivity index (χ0n) is 23.0. The summed E-state index contributed by atoms with van der Waals surface area (Å²) in [5.41, 5.74) is 1.66. The molecular formula is C31H41N3O4. The number of amides is 2. The number of β-amino-alcohol motifs (C(OH)–C–C–N with tert-alkyl or cyclic N) is 1. The molecule has 7 heteroatoms. The normalized spacial score (nSPS) is 29.9. The molecule has 2 bridgehead atoms. The molecule has 0 aromatic heterocycles. The number of aliphatic hydroxyl groups excluding tert-OH is 1. The van der Waals surface area contributed by atoms with Crippen LogP contribution in [0.3, 0.4) is 0 Å². The Labute approximate surface area is 225 Å². The smallest absolute Gasteiger partial charge is 0.261 e. The third kappa shape index (κ3) is 4.37. The molecule has 3 fully saturated rings. The van der Waals surface area contributed by atoms with Crippen LogP contribution in [0.4, 0.5) is 0 Å². The molecule has 6 rings (SSSR count). The van der Waals surface area contributed by atoms with Crippen LogP contribution in [0.5, 0.6) is 0 Å². The number of ether oxygens (including phenoxy) is 1. The van der Waals surface area contributed by atoms with Gasteiger partial charge in [-0.3, -0.25) is 24.3 Å². The van der Waals surface area contributed by atoms with Crippen molar-refractivity contribution >= 4 is 22.6 Å². The molecule has 2 aromatic carbocycles. The standard InChI is InChI=1S/C31H41N3O4/c1-30(2)22-10-11-31(3,18-22)29(30)38-20-23(35)19-33-14-12-32(13-15-33)16-17-34-27(36)24-8-4-6-21-7-5-9-25(26(21)24)28(34)37/h4-9,22-23,29,35H,10-20H2,1-3H3/t22-,23+,29+,31+/m0/s1. The predicted molar refractivity (Wildman–Crippen MR) is 147 cm³/mol. The van der Waals surface area contributed by atoms with Crippen molar-refractivity contribution in [2.45, 2.75) is 52.2 Å². The van der Waals surface area contributed by atoms with Gasteiger partial charge >= 0.3 is 0 Å². The van der Waals surface area contributed by atoms with E-state index in [1.54, 1.807) is 0 Å². The molecule has 0 spiro atoms. The Hall–Kier alpha value is -2.32. The van der Waals surface area contributed by atoms with E-state index in [0.29, 0.717) is 37.4 Å². The van der Waals surface area contributed by atoms with Gasteiger partial charge < -0.3 is 9.84 Å². The van der Waals surface area contributed by atoms with Crippen molar-refractivity contribution in [1.82, 2.24) is 14.7 Å². The third-order valence-electron chi connectivity index (χ3n) is 10.0. The van der Waals surface area contributed by atoms with E-state index in [1.807, 2.05) is 36.4 Å². The average Bonchev–Trinajstić information content (AvgIpc) is 3.39. The van der Waals surface area contributed by atoms with Crippen LogP contribution in [0.2, 0.25) is 0 Å². The Morgan fingerprint density at radius 2 is 1.58 bits per heavy atom. The number of carbonyl (C=O) groups is 2. The number of rotatable bonds is 8. The zero-order chi connectivity index (χ0) is 26.7. The first-order chi connectivity index (χ1) is 18.2. The van der Waals surface area contributed by atoms with Crippen LogP contribution in [0.15, 0.2) is 36.4 Å². The van der Waals surface area contributed by atoms with E-state index < -0.39 is 6.10 Å². The second-order valence-corrected chi connectivity index (χ2v) is 12.9. The van der Waals surface area contributed by atoms with Crippen LogP contribution in [0, 0.1) is 16.7 Å². The van der Waals surface area contributed by atoms with E-state index in [-0.39, 0.29) is 28.7 Å². The lowest BCUT2D eigenvalue weighted by Gasteiger charge is -2.43. The molecule has 4 aliphatic rings. The quantitative estimate of drug-likeness (QED) is 0.537. The Morgan fingerprint density at radius 1 is 0.947 bits per heavy atom. The van der Waals surface area contributed by atoms with Gasteiger partial charge in [0.2, 0.25) is 0 Å². The predicted octanol–water partition coefficient (Wildman–Crippen LogP) is 3.65. The summed E-state index contributed by atoms with van der Waals surface area (Å²) in [5.74, 6) is 0.337. The highest BCUT2D eigenvalue weighted by Gasteiger charge is 2.60. The van der Waals surface area contributed by atoms with Crippen LogP contribution >= 0.6 is 0 Å². The highest BCUT2D eigenvalue weighted by Crippen LogP contribution is 2.63. The molecule has 4 atom stereocenters. The molecule has 1 saturated heterocycles.